The van der Waals surface area contributed by atoms with Crippen molar-refractivity contribution < 1.29 is 19.4 Å². The number of esters is 1. The molecule has 34 heavy (non-hydrogen) atoms. The van der Waals surface area contributed by atoms with Gasteiger partial charge in [-0.25, -0.2) is 9.78 Å². The molecule has 3 aromatic rings. The van der Waals surface area contributed by atoms with Gasteiger partial charge >= 0.3 is 5.97 Å². The third-order valence-corrected chi connectivity index (χ3v) is 5.61. The number of aliphatic hydroxyl groups is 1. The molecule has 0 fully saturated rings. The van der Waals surface area contributed by atoms with Crippen molar-refractivity contribution >= 4 is 34.5 Å². The average molecular weight is 482 g/mol. The summed E-state index contributed by atoms with van der Waals surface area (Å²) >= 11 is 5.94. The van der Waals surface area contributed by atoms with E-state index in [1.165, 1.54) is 6.20 Å². The van der Waals surface area contributed by atoms with Crippen molar-refractivity contribution in [2.24, 2.45) is 5.92 Å². The maximum absolute atomic E-state index is 12.9. The Morgan fingerprint density at radius 3 is 2.47 bits per heavy atom. The van der Waals surface area contributed by atoms with E-state index in [4.69, 9.17) is 16.3 Å². The Balaban J connectivity index is 1.82. The van der Waals surface area contributed by atoms with Crippen LogP contribution in [0.1, 0.15) is 35.8 Å². The number of ether oxygens (including phenoxy) is 1. The first kappa shape index (κ1) is 25.3. The smallest absolute Gasteiger partial charge is 0.358 e. The number of aliphatic hydroxyl groups excluding tert-OH is 1. The standard InChI is InChI=1S/C26H28ClN3O4/c1-17(27)12-13-19(25(32)28-2)15-23(31)24(14-18-8-4-3-5-9-18)34-26(33)22-16-29-20-10-6-7-11-21(20)30-22/h3-12,16,19,23-24,31H,13-15H2,1-2H3,(H,28,32)/t19-,23+,24+/m1/s1. The molecule has 1 aromatic heterocycles. The zero-order chi connectivity index (χ0) is 24.5. The summed E-state index contributed by atoms with van der Waals surface area (Å²) in [5.74, 6) is -1.45. The van der Waals surface area contributed by atoms with Crippen LogP contribution in [0, 0.1) is 5.92 Å². The monoisotopic (exact) mass is 481 g/mol. The summed E-state index contributed by atoms with van der Waals surface area (Å²) < 4.78 is 5.73. The molecule has 3 rings (SSSR count). The highest BCUT2D eigenvalue weighted by molar-refractivity contribution is 6.29. The molecule has 8 heteroatoms. The van der Waals surface area contributed by atoms with Gasteiger partial charge in [-0.05, 0) is 37.5 Å². The number of aromatic nitrogens is 2. The van der Waals surface area contributed by atoms with E-state index in [1.54, 1.807) is 32.2 Å². The number of allylic oxidation sites excluding steroid dienone is 2. The number of para-hydroxylation sites is 2. The molecule has 0 bridgehead atoms. The van der Waals surface area contributed by atoms with Crippen LogP contribution in [-0.4, -0.2) is 46.2 Å². The Hall–Kier alpha value is -3.29. The van der Waals surface area contributed by atoms with Crippen LogP contribution in [0.5, 0.6) is 0 Å². The molecular formula is C26H28ClN3O4. The Morgan fingerprint density at radius 1 is 1.12 bits per heavy atom. The van der Waals surface area contributed by atoms with E-state index < -0.39 is 24.1 Å². The van der Waals surface area contributed by atoms with E-state index in [0.29, 0.717) is 22.5 Å². The first-order valence-electron chi connectivity index (χ1n) is 11.1. The van der Waals surface area contributed by atoms with E-state index in [-0.39, 0.29) is 24.4 Å². The molecule has 178 valence electrons. The average Bonchev–Trinajstić information content (AvgIpc) is 2.85. The summed E-state index contributed by atoms with van der Waals surface area (Å²) in [6.07, 6.45) is 1.83. The molecule has 0 aliphatic carbocycles. The van der Waals surface area contributed by atoms with Crippen LogP contribution in [0.15, 0.2) is 71.9 Å². The topological polar surface area (TPSA) is 101 Å². The van der Waals surface area contributed by atoms with Gasteiger partial charge in [0, 0.05) is 24.4 Å². The summed E-state index contributed by atoms with van der Waals surface area (Å²) in [7, 11) is 1.54. The van der Waals surface area contributed by atoms with Gasteiger partial charge in [-0.15, -0.1) is 0 Å². The number of nitrogens with zero attached hydrogens (tertiary/aromatic N) is 2. The van der Waals surface area contributed by atoms with Crippen LogP contribution in [0.2, 0.25) is 0 Å². The second-order valence-corrected chi connectivity index (χ2v) is 8.61. The van der Waals surface area contributed by atoms with Crippen molar-refractivity contribution in [2.75, 3.05) is 7.05 Å². The molecule has 1 heterocycles. The van der Waals surface area contributed by atoms with Crippen molar-refractivity contribution in [2.45, 2.75) is 38.4 Å². The molecule has 1 amide bonds. The Morgan fingerprint density at radius 2 is 1.79 bits per heavy atom. The number of amides is 1. The zero-order valence-electron chi connectivity index (χ0n) is 19.1. The summed E-state index contributed by atoms with van der Waals surface area (Å²) in [4.78, 5) is 33.9. The molecule has 0 radical (unpaired) electrons. The molecule has 0 aliphatic rings. The number of carbonyl (C=O) groups excluding carboxylic acids is 2. The molecule has 7 nitrogen and oxygen atoms in total. The largest absolute Gasteiger partial charge is 0.454 e. The number of benzene rings is 2. The van der Waals surface area contributed by atoms with Crippen molar-refractivity contribution in [1.82, 2.24) is 15.3 Å². The second-order valence-electron chi connectivity index (χ2n) is 8.02. The van der Waals surface area contributed by atoms with Crippen LogP contribution in [0.25, 0.3) is 11.0 Å². The molecule has 2 N–H and O–H groups in total. The van der Waals surface area contributed by atoms with E-state index in [0.717, 1.165) is 5.56 Å². The van der Waals surface area contributed by atoms with Crippen molar-refractivity contribution in [1.29, 1.82) is 0 Å². The van der Waals surface area contributed by atoms with Crippen LogP contribution >= 0.6 is 11.6 Å². The lowest BCUT2D eigenvalue weighted by Gasteiger charge is -2.26. The fourth-order valence-corrected chi connectivity index (χ4v) is 3.71. The SMILES string of the molecule is CNC(=O)[C@H](CC=C(C)Cl)C[C@H](O)[C@H](Cc1ccccc1)OC(=O)c1cnc2ccccc2n1. The summed E-state index contributed by atoms with van der Waals surface area (Å²) in [5.41, 5.74) is 2.17. The number of hydrogen-bond donors (Lipinski definition) is 2. The number of rotatable bonds is 10. The normalized spacial score (nSPS) is 14.3. The number of hydrogen-bond acceptors (Lipinski definition) is 6. The maximum atomic E-state index is 12.9. The van der Waals surface area contributed by atoms with Gasteiger partial charge in [-0.3, -0.25) is 9.78 Å². The highest BCUT2D eigenvalue weighted by atomic mass is 35.5. The molecule has 0 saturated carbocycles. The lowest BCUT2D eigenvalue weighted by molar-refractivity contribution is -0.126. The number of fused-ring (bicyclic) bond motifs is 1. The molecule has 0 saturated heterocycles. The van der Waals surface area contributed by atoms with E-state index in [9.17, 15) is 14.7 Å². The summed E-state index contributed by atoms with van der Waals surface area (Å²) in [6.45, 7) is 1.73. The van der Waals surface area contributed by atoms with E-state index in [1.807, 2.05) is 42.5 Å². The number of halogens is 1. The second kappa shape index (κ2) is 12.3. The third kappa shape index (κ3) is 7.10. The predicted molar refractivity (Wildman–Crippen MR) is 131 cm³/mol. The van der Waals surface area contributed by atoms with Gasteiger partial charge in [0.05, 0.1) is 23.3 Å². The lowest BCUT2D eigenvalue weighted by Crippen LogP contribution is -2.38. The van der Waals surface area contributed by atoms with Gasteiger partial charge in [0.25, 0.3) is 0 Å². The highest BCUT2D eigenvalue weighted by Crippen LogP contribution is 2.21. The van der Waals surface area contributed by atoms with Crippen LogP contribution < -0.4 is 5.32 Å². The fraction of sp³-hybridized carbons (Fsp3) is 0.308. The van der Waals surface area contributed by atoms with Gasteiger partial charge < -0.3 is 15.2 Å². The quantitative estimate of drug-likeness (QED) is 0.424. The predicted octanol–water partition coefficient (Wildman–Crippen LogP) is 4.04. The van der Waals surface area contributed by atoms with Gasteiger partial charge in [0.2, 0.25) is 5.91 Å². The van der Waals surface area contributed by atoms with Crippen molar-refractivity contribution in [3.8, 4) is 0 Å². The molecular weight excluding hydrogens is 454 g/mol. The van der Waals surface area contributed by atoms with Crippen molar-refractivity contribution in [3.63, 3.8) is 0 Å². The van der Waals surface area contributed by atoms with E-state index in [2.05, 4.69) is 15.3 Å². The van der Waals surface area contributed by atoms with Crippen LogP contribution in [0.3, 0.4) is 0 Å². The number of carbonyl (C=O) groups is 2. The molecule has 0 unspecified atom stereocenters. The molecule has 0 spiro atoms. The van der Waals surface area contributed by atoms with Gasteiger partial charge in [-0.1, -0.05) is 60.1 Å². The maximum Gasteiger partial charge on any atom is 0.358 e. The summed E-state index contributed by atoms with van der Waals surface area (Å²) in [6, 6.07) is 16.6. The molecule has 3 atom stereocenters. The Kier molecular flexibility index (Phi) is 9.13. The highest BCUT2D eigenvalue weighted by Gasteiger charge is 2.30. The van der Waals surface area contributed by atoms with Crippen LogP contribution in [-0.2, 0) is 16.0 Å². The minimum atomic E-state index is -1.09. The minimum absolute atomic E-state index is 0.0486. The Bertz CT molecular complexity index is 1150. The lowest BCUT2D eigenvalue weighted by atomic mass is 9.92. The first-order valence-corrected chi connectivity index (χ1v) is 11.4. The van der Waals surface area contributed by atoms with Gasteiger partial charge in [0.1, 0.15) is 6.10 Å². The minimum Gasteiger partial charge on any atom is -0.454 e. The molecule has 2 aromatic carbocycles. The Labute approximate surface area is 203 Å². The van der Waals surface area contributed by atoms with Gasteiger partial charge in [0.15, 0.2) is 5.69 Å². The summed E-state index contributed by atoms with van der Waals surface area (Å²) in [5, 5.41) is 14.2. The van der Waals surface area contributed by atoms with E-state index >= 15 is 0 Å². The first-order chi connectivity index (χ1) is 16.4. The fourth-order valence-electron chi connectivity index (χ4n) is 3.62. The van der Waals surface area contributed by atoms with Crippen molar-refractivity contribution in [3.05, 3.63) is 83.2 Å². The zero-order valence-corrected chi connectivity index (χ0v) is 19.9. The number of nitrogens with one attached hydrogen (secondary N) is 1. The molecule has 0 aliphatic heterocycles. The van der Waals surface area contributed by atoms with Crippen LogP contribution in [0.4, 0.5) is 0 Å². The van der Waals surface area contributed by atoms with Gasteiger partial charge in [-0.2, -0.15) is 0 Å². The third-order valence-electron chi connectivity index (χ3n) is 5.45.